The van der Waals surface area contributed by atoms with Gasteiger partial charge in [-0.05, 0) is 100 Å². The molecule has 0 spiro atoms. The van der Waals surface area contributed by atoms with E-state index in [1.54, 1.807) is 67.0 Å². The molecule has 4 rings (SSSR count). The van der Waals surface area contributed by atoms with Crippen molar-refractivity contribution in [2.24, 2.45) is 0 Å². The summed E-state index contributed by atoms with van der Waals surface area (Å²) in [6.45, 7) is 7.70. The topological polar surface area (TPSA) is 99.2 Å². The van der Waals surface area contributed by atoms with Gasteiger partial charge >= 0.3 is 5.97 Å². The number of rotatable bonds is 10. The Morgan fingerprint density at radius 1 is 1.05 bits per heavy atom. The molecule has 3 aromatic carbocycles. The van der Waals surface area contributed by atoms with Crippen LogP contribution in [0.25, 0.3) is 0 Å². The second-order valence-electron chi connectivity index (χ2n) is 10.8. The van der Waals surface area contributed by atoms with Gasteiger partial charge < -0.3 is 25.0 Å². The van der Waals surface area contributed by atoms with Gasteiger partial charge in [0, 0.05) is 34.9 Å². The Morgan fingerprint density at radius 2 is 1.71 bits per heavy atom. The summed E-state index contributed by atoms with van der Waals surface area (Å²) in [4.78, 5) is 41.4. The van der Waals surface area contributed by atoms with Crippen molar-refractivity contribution >= 4 is 40.8 Å². The van der Waals surface area contributed by atoms with E-state index < -0.39 is 11.5 Å². The standard InChI is InChI=1S/C32H36ClN3O5/c1-21-20-29(36(22(2)37)25-14-12-24(33)13-15-25)27-8-5-6-9-28(27)35(21)30(38)23-10-16-26(17-11-23)41-19-7-18-34-32(3,4)31(39)40/h5-6,8-17,21,29,34H,7,18-20H2,1-4H3,(H,39,40)/t21-,29+/m0/s1. The minimum Gasteiger partial charge on any atom is -0.494 e. The van der Waals surface area contributed by atoms with Gasteiger partial charge in [0.25, 0.3) is 5.91 Å². The fourth-order valence-electron chi connectivity index (χ4n) is 5.09. The lowest BCUT2D eigenvalue weighted by molar-refractivity contribution is -0.143. The average Bonchev–Trinajstić information content (AvgIpc) is 2.94. The third-order valence-corrected chi connectivity index (χ3v) is 7.58. The molecular weight excluding hydrogens is 542 g/mol. The number of ether oxygens (including phenoxy) is 1. The zero-order chi connectivity index (χ0) is 29.7. The maximum Gasteiger partial charge on any atom is 0.323 e. The van der Waals surface area contributed by atoms with Crippen molar-refractivity contribution < 1.29 is 24.2 Å². The van der Waals surface area contributed by atoms with E-state index in [1.165, 1.54) is 0 Å². The Balaban J connectivity index is 1.48. The summed E-state index contributed by atoms with van der Waals surface area (Å²) in [5.41, 5.74) is 1.98. The van der Waals surface area contributed by atoms with E-state index in [1.807, 2.05) is 43.3 Å². The number of halogens is 1. The van der Waals surface area contributed by atoms with Crippen LogP contribution < -0.4 is 19.9 Å². The lowest BCUT2D eigenvalue weighted by Crippen LogP contribution is -2.47. The quantitative estimate of drug-likeness (QED) is 0.283. The molecule has 3 aromatic rings. The van der Waals surface area contributed by atoms with E-state index in [9.17, 15) is 19.5 Å². The van der Waals surface area contributed by atoms with Crippen LogP contribution in [-0.4, -0.2) is 47.6 Å². The summed E-state index contributed by atoms with van der Waals surface area (Å²) in [6.07, 6.45) is 1.20. The number of benzene rings is 3. The number of amides is 2. The summed E-state index contributed by atoms with van der Waals surface area (Å²) in [5, 5.41) is 12.8. The second kappa shape index (κ2) is 12.7. The number of anilines is 2. The Kier molecular flexibility index (Phi) is 9.35. The van der Waals surface area contributed by atoms with E-state index in [0.29, 0.717) is 42.3 Å². The zero-order valence-electron chi connectivity index (χ0n) is 23.8. The highest BCUT2D eigenvalue weighted by molar-refractivity contribution is 6.30. The van der Waals surface area contributed by atoms with Crippen molar-refractivity contribution in [2.75, 3.05) is 23.0 Å². The molecule has 0 saturated heterocycles. The Labute approximate surface area is 245 Å². The number of carboxylic acids is 1. The van der Waals surface area contributed by atoms with Gasteiger partial charge in [-0.2, -0.15) is 0 Å². The van der Waals surface area contributed by atoms with Crippen LogP contribution in [0.1, 0.15) is 62.5 Å². The first-order chi connectivity index (χ1) is 19.5. The monoisotopic (exact) mass is 577 g/mol. The Hall–Kier alpha value is -3.88. The van der Waals surface area contributed by atoms with Crippen LogP contribution in [-0.2, 0) is 9.59 Å². The van der Waals surface area contributed by atoms with Crippen LogP contribution in [0.15, 0.2) is 72.8 Å². The van der Waals surface area contributed by atoms with Crippen molar-refractivity contribution in [1.29, 1.82) is 0 Å². The summed E-state index contributed by atoms with van der Waals surface area (Å²) in [5.74, 6) is -0.490. The van der Waals surface area contributed by atoms with Crippen molar-refractivity contribution in [3.63, 3.8) is 0 Å². The van der Waals surface area contributed by atoms with Gasteiger partial charge in [0.15, 0.2) is 0 Å². The lowest BCUT2D eigenvalue weighted by atomic mass is 9.89. The molecule has 41 heavy (non-hydrogen) atoms. The summed E-state index contributed by atoms with van der Waals surface area (Å²) < 4.78 is 5.79. The number of hydrogen-bond acceptors (Lipinski definition) is 5. The van der Waals surface area contributed by atoms with Crippen LogP contribution in [0.3, 0.4) is 0 Å². The summed E-state index contributed by atoms with van der Waals surface area (Å²) >= 11 is 6.09. The van der Waals surface area contributed by atoms with Crippen molar-refractivity contribution in [3.05, 3.63) is 88.9 Å². The molecule has 8 nitrogen and oxygen atoms in total. The molecule has 1 aliphatic rings. The molecule has 0 unspecified atom stereocenters. The first-order valence-corrected chi connectivity index (χ1v) is 14.1. The first kappa shape index (κ1) is 30.1. The molecule has 2 amide bonds. The molecule has 0 radical (unpaired) electrons. The van der Waals surface area contributed by atoms with Crippen LogP contribution in [0.5, 0.6) is 5.75 Å². The molecule has 0 bridgehead atoms. The zero-order valence-corrected chi connectivity index (χ0v) is 24.5. The molecule has 0 aromatic heterocycles. The molecule has 0 aliphatic carbocycles. The van der Waals surface area contributed by atoms with Gasteiger partial charge in [0.2, 0.25) is 5.91 Å². The van der Waals surface area contributed by atoms with Gasteiger partial charge in [0.1, 0.15) is 11.3 Å². The molecule has 0 fully saturated rings. The van der Waals surface area contributed by atoms with Crippen molar-refractivity contribution in [1.82, 2.24) is 5.32 Å². The number of carbonyl (C=O) groups is 3. The Bertz CT molecular complexity index is 1390. The van der Waals surface area contributed by atoms with E-state index in [4.69, 9.17) is 16.3 Å². The van der Waals surface area contributed by atoms with Gasteiger partial charge in [-0.25, -0.2) is 0 Å². The molecule has 2 N–H and O–H groups in total. The van der Waals surface area contributed by atoms with Gasteiger partial charge in [-0.15, -0.1) is 0 Å². The van der Waals surface area contributed by atoms with Crippen molar-refractivity contribution in [2.45, 2.75) is 58.2 Å². The highest BCUT2D eigenvalue weighted by Gasteiger charge is 2.38. The minimum absolute atomic E-state index is 0.0870. The number of carboxylic acid groups (broad SMARTS) is 1. The van der Waals surface area contributed by atoms with E-state index in [0.717, 1.165) is 16.9 Å². The van der Waals surface area contributed by atoms with E-state index >= 15 is 0 Å². The van der Waals surface area contributed by atoms with Gasteiger partial charge in [-0.1, -0.05) is 29.8 Å². The summed E-state index contributed by atoms with van der Waals surface area (Å²) in [7, 11) is 0. The fraction of sp³-hybridized carbons (Fsp3) is 0.344. The van der Waals surface area contributed by atoms with Crippen molar-refractivity contribution in [3.8, 4) is 5.75 Å². The SMILES string of the molecule is CC(=O)N(c1ccc(Cl)cc1)[C@@H]1C[C@H](C)N(C(=O)c2ccc(OCCCNC(C)(C)C(=O)O)cc2)c2ccccc21. The molecule has 216 valence electrons. The second-order valence-corrected chi connectivity index (χ2v) is 11.2. The lowest BCUT2D eigenvalue weighted by Gasteiger charge is -2.43. The highest BCUT2D eigenvalue weighted by Crippen LogP contribution is 2.43. The van der Waals surface area contributed by atoms with E-state index in [2.05, 4.69) is 5.32 Å². The molecule has 0 saturated carbocycles. The molecule has 9 heteroatoms. The smallest absolute Gasteiger partial charge is 0.323 e. The number of fused-ring (bicyclic) bond motifs is 1. The maximum absolute atomic E-state index is 13.8. The number of hydrogen-bond donors (Lipinski definition) is 2. The number of nitrogens with zero attached hydrogens (tertiary/aromatic N) is 2. The Morgan fingerprint density at radius 3 is 2.34 bits per heavy atom. The normalized spacial score (nSPS) is 16.6. The molecule has 1 heterocycles. The van der Waals surface area contributed by atoms with Crippen LogP contribution in [0.4, 0.5) is 11.4 Å². The maximum atomic E-state index is 13.8. The number of nitrogens with one attached hydrogen (secondary N) is 1. The fourth-order valence-corrected chi connectivity index (χ4v) is 5.22. The van der Waals surface area contributed by atoms with Gasteiger partial charge in [0.05, 0.1) is 12.6 Å². The third-order valence-electron chi connectivity index (χ3n) is 7.33. The van der Waals surface area contributed by atoms with Gasteiger partial charge in [-0.3, -0.25) is 14.4 Å². The first-order valence-electron chi connectivity index (χ1n) is 13.7. The number of aliphatic carboxylic acids is 1. The third kappa shape index (κ3) is 6.89. The highest BCUT2D eigenvalue weighted by atomic mass is 35.5. The number of para-hydroxylation sites is 1. The van der Waals surface area contributed by atoms with Crippen LogP contribution >= 0.6 is 11.6 Å². The largest absolute Gasteiger partial charge is 0.494 e. The average molecular weight is 578 g/mol. The summed E-state index contributed by atoms with van der Waals surface area (Å²) in [6, 6.07) is 21.6. The van der Waals surface area contributed by atoms with Crippen LogP contribution in [0.2, 0.25) is 5.02 Å². The molecule has 2 atom stereocenters. The predicted octanol–water partition coefficient (Wildman–Crippen LogP) is 6.09. The van der Waals surface area contributed by atoms with E-state index in [-0.39, 0.29) is 23.9 Å². The number of carbonyl (C=O) groups excluding carboxylic acids is 2. The molecular formula is C32H36ClN3O5. The predicted molar refractivity (Wildman–Crippen MR) is 161 cm³/mol. The minimum atomic E-state index is -0.994. The molecule has 1 aliphatic heterocycles. The van der Waals surface area contributed by atoms with Crippen LogP contribution in [0, 0.1) is 0 Å².